The first-order chi connectivity index (χ1) is 6.81. The van der Waals surface area contributed by atoms with Gasteiger partial charge >= 0.3 is 12.3 Å². The van der Waals surface area contributed by atoms with Gasteiger partial charge in [-0.25, -0.2) is 4.79 Å². The number of alkyl carbamates (subject to hydrolysis) is 1. The predicted molar refractivity (Wildman–Crippen MR) is 48.6 cm³/mol. The summed E-state index contributed by atoms with van der Waals surface area (Å²) in [5.41, 5.74) is 0. The molecule has 0 heterocycles. The van der Waals surface area contributed by atoms with Crippen molar-refractivity contribution in [2.45, 2.75) is 12.6 Å². The first-order valence-electron chi connectivity index (χ1n) is 4.43. The van der Waals surface area contributed by atoms with Gasteiger partial charge in [0.15, 0.2) is 6.61 Å². The minimum Gasteiger partial charge on any atom is -0.440 e. The molecule has 4 nitrogen and oxygen atoms in total. The molecule has 0 aromatic rings. The van der Waals surface area contributed by atoms with Gasteiger partial charge in [0.05, 0.1) is 0 Å². The summed E-state index contributed by atoms with van der Waals surface area (Å²) in [5.74, 6) is 0. The van der Waals surface area contributed by atoms with Gasteiger partial charge in [0.2, 0.25) is 0 Å². The molecule has 0 saturated carbocycles. The quantitative estimate of drug-likeness (QED) is 0.719. The molecule has 0 aliphatic heterocycles. The molecule has 0 aliphatic rings. The Bertz CT molecular complexity index is 195. The van der Waals surface area contributed by atoms with E-state index in [4.69, 9.17) is 0 Å². The molecule has 90 valence electrons. The largest absolute Gasteiger partial charge is 0.440 e. The summed E-state index contributed by atoms with van der Waals surface area (Å²) in [6.07, 6.45) is -4.85. The van der Waals surface area contributed by atoms with Crippen molar-refractivity contribution in [2.75, 3.05) is 33.8 Å². The van der Waals surface area contributed by atoms with Gasteiger partial charge in [0, 0.05) is 6.54 Å². The van der Waals surface area contributed by atoms with E-state index in [1.54, 1.807) is 0 Å². The van der Waals surface area contributed by atoms with Crippen LogP contribution >= 0.6 is 0 Å². The first kappa shape index (κ1) is 14.0. The highest BCUT2D eigenvalue weighted by Gasteiger charge is 2.29. The van der Waals surface area contributed by atoms with Crippen molar-refractivity contribution in [1.29, 1.82) is 0 Å². The topological polar surface area (TPSA) is 41.6 Å². The van der Waals surface area contributed by atoms with Gasteiger partial charge in [-0.3, -0.25) is 0 Å². The normalized spacial score (nSPS) is 11.6. The minimum absolute atomic E-state index is 0.300. The van der Waals surface area contributed by atoms with Crippen LogP contribution in [-0.2, 0) is 4.74 Å². The highest BCUT2D eigenvalue weighted by atomic mass is 19.4. The number of hydrogen-bond acceptors (Lipinski definition) is 3. The molecule has 0 atom stereocenters. The van der Waals surface area contributed by atoms with E-state index < -0.39 is 18.9 Å². The number of carbonyl (C=O) groups is 1. The molecule has 0 unspecified atom stereocenters. The smallest absolute Gasteiger partial charge is 0.422 e. The lowest BCUT2D eigenvalue weighted by Gasteiger charge is -2.11. The van der Waals surface area contributed by atoms with Crippen LogP contribution in [0, 0.1) is 0 Å². The molecule has 0 aromatic heterocycles. The number of ether oxygens (including phenoxy) is 1. The van der Waals surface area contributed by atoms with Gasteiger partial charge in [0.25, 0.3) is 0 Å². The molecule has 0 aromatic carbocycles. The van der Waals surface area contributed by atoms with E-state index in [9.17, 15) is 18.0 Å². The third-order valence-electron chi connectivity index (χ3n) is 1.42. The van der Waals surface area contributed by atoms with E-state index in [-0.39, 0.29) is 0 Å². The number of amides is 1. The van der Waals surface area contributed by atoms with Crippen LogP contribution in [0.15, 0.2) is 0 Å². The van der Waals surface area contributed by atoms with E-state index in [0.29, 0.717) is 13.0 Å². The number of hydrogen-bond donors (Lipinski definition) is 1. The number of rotatable bonds is 5. The predicted octanol–water partition coefficient (Wildman–Crippen LogP) is 1.23. The van der Waals surface area contributed by atoms with Crippen LogP contribution in [0.5, 0.6) is 0 Å². The average molecular weight is 228 g/mol. The molecule has 0 fully saturated rings. The molecule has 0 spiro atoms. The van der Waals surface area contributed by atoms with Crippen molar-refractivity contribution >= 4 is 6.09 Å². The fourth-order valence-corrected chi connectivity index (χ4v) is 0.784. The summed E-state index contributed by atoms with van der Waals surface area (Å²) in [6, 6.07) is 0. The lowest BCUT2D eigenvalue weighted by molar-refractivity contribution is -0.160. The Labute approximate surface area is 86.4 Å². The third kappa shape index (κ3) is 10.9. The Morgan fingerprint density at radius 2 is 2.00 bits per heavy atom. The summed E-state index contributed by atoms with van der Waals surface area (Å²) < 4.78 is 38.7. The van der Waals surface area contributed by atoms with Crippen molar-refractivity contribution in [3.63, 3.8) is 0 Å². The van der Waals surface area contributed by atoms with Crippen molar-refractivity contribution in [2.24, 2.45) is 0 Å². The first-order valence-corrected chi connectivity index (χ1v) is 4.43. The van der Waals surface area contributed by atoms with Gasteiger partial charge in [-0.05, 0) is 27.1 Å². The summed E-state index contributed by atoms with van der Waals surface area (Å²) >= 11 is 0. The standard InChI is InChI=1S/C8H15F3N2O2/c1-13(2)5-3-4-12-7(14)15-6-8(9,10)11/h3-6H2,1-2H3,(H,12,14). The Kier molecular flexibility index (Phi) is 6.07. The summed E-state index contributed by atoms with van der Waals surface area (Å²) in [7, 11) is 3.73. The van der Waals surface area contributed by atoms with E-state index in [0.717, 1.165) is 6.54 Å². The van der Waals surface area contributed by atoms with Crippen LogP contribution in [-0.4, -0.2) is 51.0 Å². The molecule has 1 N–H and O–H groups in total. The maximum Gasteiger partial charge on any atom is 0.422 e. The molecule has 0 aliphatic carbocycles. The number of alkyl halides is 3. The van der Waals surface area contributed by atoms with Crippen LogP contribution in [0.2, 0.25) is 0 Å². The van der Waals surface area contributed by atoms with Gasteiger partial charge in [0.1, 0.15) is 0 Å². The molecular formula is C8H15F3N2O2. The van der Waals surface area contributed by atoms with Crippen LogP contribution in [0.25, 0.3) is 0 Å². The Morgan fingerprint density at radius 1 is 1.40 bits per heavy atom. The molecule has 0 radical (unpaired) electrons. The Morgan fingerprint density at radius 3 is 2.47 bits per heavy atom. The lowest BCUT2D eigenvalue weighted by atomic mass is 10.4. The van der Waals surface area contributed by atoms with Crippen LogP contribution in [0.4, 0.5) is 18.0 Å². The number of nitrogens with zero attached hydrogens (tertiary/aromatic N) is 1. The zero-order valence-corrected chi connectivity index (χ0v) is 8.73. The van der Waals surface area contributed by atoms with Gasteiger partial charge in [-0.15, -0.1) is 0 Å². The van der Waals surface area contributed by atoms with Crippen molar-refractivity contribution in [3.05, 3.63) is 0 Å². The van der Waals surface area contributed by atoms with E-state index in [1.807, 2.05) is 19.0 Å². The molecule has 0 saturated heterocycles. The molecule has 1 amide bonds. The van der Waals surface area contributed by atoms with Crippen molar-refractivity contribution in [3.8, 4) is 0 Å². The Hall–Kier alpha value is -0.980. The van der Waals surface area contributed by atoms with E-state index in [2.05, 4.69) is 10.1 Å². The SMILES string of the molecule is CN(C)CCCNC(=O)OCC(F)(F)F. The summed E-state index contributed by atoms with van der Waals surface area (Å²) in [5, 5.41) is 2.22. The van der Waals surface area contributed by atoms with Gasteiger partial charge < -0.3 is 15.0 Å². The second-order valence-corrected chi connectivity index (χ2v) is 3.27. The van der Waals surface area contributed by atoms with Gasteiger partial charge in [-0.2, -0.15) is 13.2 Å². The maximum absolute atomic E-state index is 11.6. The molecular weight excluding hydrogens is 213 g/mol. The minimum atomic E-state index is -4.47. The average Bonchev–Trinajstić information content (AvgIpc) is 2.07. The second kappa shape index (κ2) is 6.49. The van der Waals surface area contributed by atoms with Crippen LogP contribution in [0.3, 0.4) is 0 Å². The summed E-state index contributed by atoms with van der Waals surface area (Å²) in [4.78, 5) is 12.6. The second-order valence-electron chi connectivity index (χ2n) is 3.27. The highest BCUT2D eigenvalue weighted by molar-refractivity contribution is 5.67. The molecule has 0 rings (SSSR count). The monoisotopic (exact) mass is 228 g/mol. The van der Waals surface area contributed by atoms with E-state index in [1.165, 1.54) is 0 Å². The molecule has 15 heavy (non-hydrogen) atoms. The number of carbonyl (C=O) groups excluding carboxylic acids is 1. The van der Waals surface area contributed by atoms with Crippen LogP contribution in [0.1, 0.15) is 6.42 Å². The zero-order valence-electron chi connectivity index (χ0n) is 8.73. The fourth-order valence-electron chi connectivity index (χ4n) is 0.784. The zero-order chi connectivity index (χ0) is 11.9. The lowest BCUT2D eigenvalue weighted by Crippen LogP contribution is -2.30. The van der Waals surface area contributed by atoms with Crippen LogP contribution < -0.4 is 5.32 Å². The molecule has 0 bridgehead atoms. The van der Waals surface area contributed by atoms with Crippen molar-refractivity contribution < 1.29 is 22.7 Å². The number of nitrogens with one attached hydrogen (secondary N) is 1. The van der Waals surface area contributed by atoms with E-state index >= 15 is 0 Å². The third-order valence-corrected chi connectivity index (χ3v) is 1.42. The summed E-state index contributed by atoms with van der Waals surface area (Å²) in [6.45, 7) is -0.499. The molecule has 7 heteroatoms. The highest BCUT2D eigenvalue weighted by Crippen LogP contribution is 2.14. The maximum atomic E-state index is 11.6. The number of halogens is 3. The van der Waals surface area contributed by atoms with Crippen molar-refractivity contribution in [1.82, 2.24) is 10.2 Å². The Balaban J connectivity index is 3.42. The fraction of sp³-hybridized carbons (Fsp3) is 0.875. The van der Waals surface area contributed by atoms with Gasteiger partial charge in [-0.1, -0.05) is 0 Å².